The van der Waals surface area contributed by atoms with Gasteiger partial charge in [0, 0.05) is 21.6 Å². The molecule has 0 bridgehead atoms. The molecule has 0 amide bonds. The van der Waals surface area contributed by atoms with Crippen molar-refractivity contribution in [3.05, 3.63) is 179 Å². The molecule has 1 aromatic heterocycles. The molecule has 0 saturated heterocycles. The second-order valence-electron chi connectivity index (χ2n) is 13.9. The number of thioether (sulfide) groups is 1. The van der Waals surface area contributed by atoms with E-state index in [9.17, 15) is 0 Å². The molecule has 2 aliphatic carbocycles. The van der Waals surface area contributed by atoms with Crippen LogP contribution in [0.15, 0.2) is 166 Å². The number of hydrogen-bond donors (Lipinski definition) is 0. The molecule has 2 heterocycles. The van der Waals surface area contributed by atoms with Crippen molar-refractivity contribution in [2.24, 2.45) is 0 Å². The van der Waals surface area contributed by atoms with Crippen molar-refractivity contribution in [2.45, 2.75) is 30.1 Å². The van der Waals surface area contributed by atoms with Gasteiger partial charge in [-0.3, -0.25) is 0 Å². The summed E-state index contributed by atoms with van der Waals surface area (Å²) in [7, 11) is 0. The van der Waals surface area contributed by atoms with Crippen molar-refractivity contribution in [3.63, 3.8) is 0 Å². The molecule has 0 N–H and O–H groups in total. The smallest absolute Gasteiger partial charge is 0.136 e. The summed E-state index contributed by atoms with van der Waals surface area (Å²) in [5.74, 6) is 0.357. The summed E-state index contributed by atoms with van der Waals surface area (Å²) < 4.78 is 6.25. The molecule has 1 unspecified atom stereocenters. The van der Waals surface area contributed by atoms with Gasteiger partial charge in [0.25, 0.3) is 0 Å². The maximum atomic E-state index is 6.25. The van der Waals surface area contributed by atoms with Crippen molar-refractivity contribution in [3.8, 4) is 0 Å². The zero-order chi connectivity index (χ0) is 32.8. The molecular formula is C48H32OS. The van der Waals surface area contributed by atoms with Gasteiger partial charge in [0.2, 0.25) is 0 Å². The highest BCUT2D eigenvalue weighted by atomic mass is 32.2. The lowest BCUT2D eigenvalue weighted by Crippen LogP contribution is -2.04. The molecule has 1 nitrogen and oxygen atoms in total. The average Bonchev–Trinajstić information content (AvgIpc) is 3.74. The van der Waals surface area contributed by atoms with E-state index in [0.717, 1.165) is 30.4 Å². The third-order valence-electron chi connectivity index (χ3n) is 11.2. The van der Waals surface area contributed by atoms with E-state index < -0.39 is 0 Å². The van der Waals surface area contributed by atoms with Crippen molar-refractivity contribution in [2.75, 3.05) is 0 Å². The maximum Gasteiger partial charge on any atom is 0.136 e. The van der Waals surface area contributed by atoms with E-state index in [0.29, 0.717) is 5.92 Å². The van der Waals surface area contributed by atoms with Crippen LogP contribution in [0.2, 0.25) is 0 Å². The standard InChI is InChI=1S/C48H32OS/c1-2-10-29(11-3-1)30-18-20-31(21-19-30)46-35-13-4-6-15-37(35)47(38-16-7-5-14-36(38)46)33-23-25-45-42(26-33)39-24-22-32-27-44-41(28-40(32)48(39)50-45)34-12-8-9-17-43(34)49-44/h1-18,20,22-25,27-28,42H,19,21,26H2. The normalized spacial score (nSPS) is 17.2. The van der Waals surface area contributed by atoms with Crippen LogP contribution in [0.5, 0.6) is 0 Å². The highest BCUT2D eigenvalue weighted by Gasteiger charge is 2.33. The molecule has 3 aliphatic rings. The van der Waals surface area contributed by atoms with Crippen LogP contribution in [0.3, 0.4) is 0 Å². The molecular weight excluding hydrogens is 625 g/mol. The van der Waals surface area contributed by atoms with E-state index in [1.165, 1.54) is 91.9 Å². The molecule has 7 aromatic carbocycles. The Morgan fingerprint density at radius 1 is 0.480 bits per heavy atom. The van der Waals surface area contributed by atoms with Crippen LogP contribution in [0, 0.1) is 0 Å². The third-order valence-corrected chi connectivity index (χ3v) is 12.5. The van der Waals surface area contributed by atoms with Crippen LogP contribution in [0.25, 0.3) is 71.0 Å². The summed E-state index contributed by atoms with van der Waals surface area (Å²) in [6.45, 7) is 0. The average molecular weight is 657 g/mol. The SMILES string of the molecule is C1=C(c2ccccc2)CCC(c2c3ccccc3c(C3=CC=C4Sc5c(ccc6cc7oc8ccccc8c7cc56)C4C3)c3ccccc23)=C1. The molecule has 0 spiro atoms. The quantitative estimate of drug-likeness (QED) is 0.176. The van der Waals surface area contributed by atoms with Crippen LogP contribution in [0.1, 0.15) is 47.4 Å². The lowest BCUT2D eigenvalue weighted by atomic mass is 9.79. The van der Waals surface area contributed by atoms with Gasteiger partial charge >= 0.3 is 0 Å². The van der Waals surface area contributed by atoms with Gasteiger partial charge in [-0.2, -0.15) is 0 Å². The Kier molecular flexibility index (Phi) is 6.21. The topological polar surface area (TPSA) is 13.1 Å². The summed E-state index contributed by atoms with van der Waals surface area (Å²) >= 11 is 1.96. The van der Waals surface area contributed by atoms with E-state index in [-0.39, 0.29) is 0 Å². The van der Waals surface area contributed by atoms with Crippen LogP contribution in [0.4, 0.5) is 0 Å². The molecule has 11 rings (SSSR count). The van der Waals surface area contributed by atoms with E-state index in [4.69, 9.17) is 4.42 Å². The fourth-order valence-corrected chi connectivity index (χ4v) is 10.2. The minimum absolute atomic E-state index is 0.357. The maximum absolute atomic E-state index is 6.25. The molecule has 236 valence electrons. The van der Waals surface area contributed by atoms with E-state index in [2.05, 4.69) is 146 Å². The number of furan rings is 1. The minimum Gasteiger partial charge on any atom is -0.456 e. The van der Waals surface area contributed by atoms with Crippen molar-refractivity contribution in [1.29, 1.82) is 0 Å². The second kappa shape index (κ2) is 11.0. The van der Waals surface area contributed by atoms with Gasteiger partial charge in [-0.1, -0.05) is 145 Å². The highest BCUT2D eigenvalue weighted by molar-refractivity contribution is 8.03. The molecule has 1 aliphatic heterocycles. The number of fused-ring (bicyclic) bond motifs is 10. The number of para-hydroxylation sites is 1. The fourth-order valence-electron chi connectivity index (χ4n) is 8.84. The zero-order valence-electron chi connectivity index (χ0n) is 27.4. The van der Waals surface area contributed by atoms with Gasteiger partial charge in [0.15, 0.2) is 0 Å². The first-order valence-corrected chi connectivity index (χ1v) is 18.5. The summed E-state index contributed by atoms with van der Waals surface area (Å²) in [4.78, 5) is 2.85. The van der Waals surface area contributed by atoms with Crippen LogP contribution in [-0.4, -0.2) is 0 Å². The first kappa shape index (κ1) is 28.3. The Labute approximate surface area is 294 Å². The van der Waals surface area contributed by atoms with Gasteiger partial charge in [-0.15, -0.1) is 0 Å². The Balaban J connectivity index is 1.03. The lowest BCUT2D eigenvalue weighted by molar-refractivity contribution is 0.669. The lowest BCUT2D eigenvalue weighted by Gasteiger charge is -2.25. The Morgan fingerprint density at radius 3 is 1.82 bits per heavy atom. The molecule has 0 fully saturated rings. The first-order valence-electron chi connectivity index (χ1n) is 17.6. The molecule has 8 aromatic rings. The summed E-state index contributed by atoms with van der Waals surface area (Å²) in [5, 5.41) is 10.3. The number of allylic oxidation sites excluding steroid dienone is 8. The van der Waals surface area contributed by atoms with E-state index >= 15 is 0 Å². The number of rotatable bonds is 3. The molecule has 0 saturated carbocycles. The van der Waals surface area contributed by atoms with Gasteiger partial charge in [-0.05, 0) is 114 Å². The van der Waals surface area contributed by atoms with Crippen LogP contribution < -0.4 is 0 Å². The summed E-state index contributed by atoms with van der Waals surface area (Å²) in [5.41, 5.74) is 11.7. The number of hydrogen-bond acceptors (Lipinski definition) is 2. The molecule has 0 radical (unpaired) electrons. The Bertz CT molecular complexity index is 2800. The second-order valence-corrected chi connectivity index (χ2v) is 14.9. The van der Waals surface area contributed by atoms with E-state index in [1.807, 2.05) is 17.8 Å². The van der Waals surface area contributed by atoms with Crippen molar-refractivity contribution >= 4 is 82.7 Å². The van der Waals surface area contributed by atoms with E-state index in [1.54, 1.807) is 0 Å². The van der Waals surface area contributed by atoms with Crippen LogP contribution in [-0.2, 0) is 0 Å². The van der Waals surface area contributed by atoms with Gasteiger partial charge in [-0.25, -0.2) is 0 Å². The fraction of sp³-hybridized carbons (Fsp3) is 0.0833. The summed E-state index contributed by atoms with van der Waals surface area (Å²) in [6.07, 6.45) is 12.6. The van der Waals surface area contributed by atoms with Crippen molar-refractivity contribution < 1.29 is 4.42 Å². The monoisotopic (exact) mass is 656 g/mol. The largest absolute Gasteiger partial charge is 0.456 e. The highest BCUT2D eigenvalue weighted by Crippen LogP contribution is 2.57. The molecule has 2 heteroatoms. The predicted molar refractivity (Wildman–Crippen MR) is 214 cm³/mol. The summed E-state index contributed by atoms with van der Waals surface area (Å²) in [6, 6.07) is 46.7. The third kappa shape index (κ3) is 4.22. The first-order chi connectivity index (χ1) is 24.8. The van der Waals surface area contributed by atoms with Gasteiger partial charge < -0.3 is 4.42 Å². The van der Waals surface area contributed by atoms with Crippen LogP contribution >= 0.6 is 11.8 Å². The molecule has 50 heavy (non-hydrogen) atoms. The Hall–Kier alpha value is -5.57. The minimum atomic E-state index is 0.357. The number of benzene rings is 7. The molecule has 1 atom stereocenters. The van der Waals surface area contributed by atoms with Gasteiger partial charge in [0.1, 0.15) is 11.2 Å². The predicted octanol–water partition coefficient (Wildman–Crippen LogP) is 13.9. The Morgan fingerprint density at radius 2 is 1.10 bits per heavy atom. The van der Waals surface area contributed by atoms with Gasteiger partial charge in [0.05, 0.1) is 0 Å². The zero-order valence-corrected chi connectivity index (χ0v) is 28.3. The van der Waals surface area contributed by atoms with Crippen molar-refractivity contribution in [1.82, 2.24) is 0 Å².